The van der Waals surface area contributed by atoms with Crippen molar-refractivity contribution in [3.8, 4) is 0 Å². The molecule has 21 heavy (non-hydrogen) atoms. The fraction of sp³-hybridized carbons (Fsp3) is 0.714. The Bertz CT molecular complexity index is 644. The molecule has 0 aromatic carbocycles. The number of nitrogen functional groups attached to an aromatic ring is 1. The number of anilines is 1. The number of aromatic nitrogens is 5. The van der Waals surface area contributed by atoms with Crippen molar-refractivity contribution in [3.63, 3.8) is 0 Å². The van der Waals surface area contributed by atoms with Gasteiger partial charge in [-0.05, 0) is 32.1 Å². The first-order chi connectivity index (χ1) is 10.3. The van der Waals surface area contributed by atoms with Crippen LogP contribution in [0.4, 0.5) is 5.82 Å². The summed E-state index contributed by atoms with van der Waals surface area (Å²) in [6.07, 6.45) is 7.18. The van der Waals surface area contributed by atoms with E-state index in [2.05, 4.69) is 20.3 Å². The monoisotopic (exact) mass is 288 g/mol. The molecule has 4 rings (SSSR count). The summed E-state index contributed by atoms with van der Waals surface area (Å²) in [5.41, 5.74) is 7.38. The van der Waals surface area contributed by atoms with Crippen LogP contribution in [0.1, 0.15) is 50.3 Å². The van der Waals surface area contributed by atoms with Crippen molar-refractivity contribution in [1.82, 2.24) is 25.0 Å². The van der Waals surface area contributed by atoms with E-state index in [4.69, 9.17) is 10.5 Å². The molecule has 7 heteroatoms. The molecule has 2 aromatic heterocycles. The normalized spacial score (nSPS) is 23.3. The average molecular weight is 288 g/mol. The van der Waals surface area contributed by atoms with Crippen molar-refractivity contribution in [2.45, 2.75) is 57.1 Å². The van der Waals surface area contributed by atoms with Crippen LogP contribution in [-0.2, 0) is 11.3 Å². The van der Waals surface area contributed by atoms with Crippen molar-refractivity contribution >= 4 is 17.0 Å². The van der Waals surface area contributed by atoms with Crippen LogP contribution >= 0.6 is 0 Å². The predicted octanol–water partition coefficient (Wildman–Crippen LogP) is 1.64. The molecule has 1 unspecified atom stereocenters. The number of ether oxygens (including phenoxy) is 1. The first kappa shape index (κ1) is 12.9. The Kier molecular flexibility index (Phi) is 3.21. The molecule has 0 spiro atoms. The second-order valence-corrected chi connectivity index (χ2v) is 6.03. The van der Waals surface area contributed by atoms with E-state index in [0.717, 1.165) is 43.8 Å². The van der Waals surface area contributed by atoms with E-state index in [-0.39, 0.29) is 6.10 Å². The molecule has 7 nitrogen and oxygen atoms in total. The van der Waals surface area contributed by atoms with E-state index >= 15 is 0 Å². The molecule has 0 amide bonds. The van der Waals surface area contributed by atoms with Gasteiger partial charge in [0.05, 0.1) is 12.6 Å². The fourth-order valence-electron chi connectivity index (χ4n) is 3.01. The molecule has 2 fully saturated rings. The molecule has 2 aliphatic rings. The Morgan fingerprint density at radius 2 is 2.05 bits per heavy atom. The fourth-order valence-corrected chi connectivity index (χ4v) is 3.01. The van der Waals surface area contributed by atoms with Crippen molar-refractivity contribution in [1.29, 1.82) is 0 Å². The van der Waals surface area contributed by atoms with Gasteiger partial charge in [-0.15, -0.1) is 5.10 Å². The van der Waals surface area contributed by atoms with Crippen LogP contribution in [0.25, 0.3) is 11.2 Å². The summed E-state index contributed by atoms with van der Waals surface area (Å²) in [4.78, 5) is 9.08. The number of nitrogens with two attached hydrogens (primary N) is 1. The van der Waals surface area contributed by atoms with E-state index in [1.807, 2.05) is 4.68 Å². The molecule has 2 aromatic rings. The van der Waals surface area contributed by atoms with Gasteiger partial charge in [-0.3, -0.25) is 0 Å². The second kappa shape index (κ2) is 5.22. The van der Waals surface area contributed by atoms with Crippen molar-refractivity contribution in [2.75, 3.05) is 12.3 Å². The van der Waals surface area contributed by atoms with Gasteiger partial charge >= 0.3 is 0 Å². The summed E-state index contributed by atoms with van der Waals surface area (Å²) in [7, 11) is 0. The summed E-state index contributed by atoms with van der Waals surface area (Å²) in [5.74, 6) is 1.74. The quantitative estimate of drug-likeness (QED) is 0.923. The highest BCUT2D eigenvalue weighted by Gasteiger charge is 2.25. The van der Waals surface area contributed by atoms with Crippen LogP contribution < -0.4 is 5.73 Å². The Morgan fingerprint density at radius 1 is 1.14 bits per heavy atom. The second-order valence-electron chi connectivity index (χ2n) is 6.03. The summed E-state index contributed by atoms with van der Waals surface area (Å²) >= 11 is 0. The largest absolute Gasteiger partial charge is 0.382 e. The van der Waals surface area contributed by atoms with E-state index in [0.29, 0.717) is 23.8 Å². The lowest BCUT2D eigenvalue weighted by molar-refractivity contribution is 0.00433. The highest BCUT2D eigenvalue weighted by Crippen LogP contribution is 2.35. The zero-order chi connectivity index (χ0) is 14.2. The van der Waals surface area contributed by atoms with Crippen LogP contribution in [0.15, 0.2) is 0 Å². The standard InChI is InChI=1S/C14H20N6O/c15-12-11-14(17-13(16-12)9-4-3-5-9)20(19-18-11)8-10-6-1-2-7-21-10/h9-10H,1-8H2,(H2,15,16,17). The molecular formula is C14H20N6O. The SMILES string of the molecule is Nc1nc(C2CCC2)nc2c1nnn2CC1CCCCO1. The lowest BCUT2D eigenvalue weighted by Crippen LogP contribution is -2.25. The minimum absolute atomic E-state index is 0.201. The van der Waals surface area contributed by atoms with Crippen molar-refractivity contribution in [2.24, 2.45) is 0 Å². The number of nitrogens with zero attached hydrogens (tertiary/aromatic N) is 5. The molecule has 112 valence electrons. The van der Waals surface area contributed by atoms with Crippen molar-refractivity contribution in [3.05, 3.63) is 5.82 Å². The van der Waals surface area contributed by atoms with Crippen molar-refractivity contribution < 1.29 is 4.74 Å². The third kappa shape index (κ3) is 2.35. The van der Waals surface area contributed by atoms with Gasteiger partial charge in [-0.1, -0.05) is 11.6 Å². The van der Waals surface area contributed by atoms with E-state index < -0.39 is 0 Å². The molecular weight excluding hydrogens is 268 g/mol. The lowest BCUT2D eigenvalue weighted by Gasteiger charge is -2.24. The maximum Gasteiger partial charge on any atom is 0.184 e. The Balaban J connectivity index is 1.66. The zero-order valence-corrected chi connectivity index (χ0v) is 12.0. The van der Waals surface area contributed by atoms with Gasteiger partial charge in [0.15, 0.2) is 17.0 Å². The average Bonchev–Trinajstić information content (AvgIpc) is 2.82. The first-order valence-electron chi connectivity index (χ1n) is 7.79. The summed E-state index contributed by atoms with van der Waals surface area (Å²) < 4.78 is 7.60. The third-order valence-electron chi connectivity index (χ3n) is 4.53. The minimum atomic E-state index is 0.201. The van der Waals surface area contributed by atoms with Gasteiger partial charge < -0.3 is 10.5 Å². The lowest BCUT2D eigenvalue weighted by atomic mass is 9.85. The number of fused-ring (bicyclic) bond motifs is 1. The Morgan fingerprint density at radius 3 is 2.76 bits per heavy atom. The van der Waals surface area contributed by atoms with Gasteiger partial charge in [0, 0.05) is 12.5 Å². The summed E-state index contributed by atoms with van der Waals surface area (Å²) in [6.45, 7) is 1.53. The van der Waals surface area contributed by atoms with Crippen LogP contribution in [0.3, 0.4) is 0 Å². The maximum atomic E-state index is 6.02. The Labute approximate surface area is 122 Å². The van der Waals surface area contributed by atoms with Crippen LogP contribution in [-0.4, -0.2) is 37.7 Å². The van der Waals surface area contributed by atoms with Gasteiger partial charge in [-0.25, -0.2) is 14.6 Å². The molecule has 3 heterocycles. The molecule has 1 saturated carbocycles. The van der Waals surface area contributed by atoms with E-state index in [1.165, 1.54) is 12.8 Å². The molecule has 1 saturated heterocycles. The molecule has 2 N–H and O–H groups in total. The summed E-state index contributed by atoms with van der Waals surface area (Å²) in [5, 5.41) is 8.33. The topological polar surface area (TPSA) is 91.7 Å². The van der Waals surface area contributed by atoms with E-state index in [1.54, 1.807) is 0 Å². The molecule has 1 aliphatic heterocycles. The smallest absolute Gasteiger partial charge is 0.184 e. The number of hydrogen-bond donors (Lipinski definition) is 1. The summed E-state index contributed by atoms with van der Waals surface area (Å²) in [6, 6.07) is 0. The highest BCUT2D eigenvalue weighted by atomic mass is 16.5. The third-order valence-corrected chi connectivity index (χ3v) is 4.53. The van der Waals surface area contributed by atoms with Gasteiger partial charge in [0.25, 0.3) is 0 Å². The number of rotatable bonds is 3. The van der Waals surface area contributed by atoms with E-state index in [9.17, 15) is 0 Å². The van der Waals surface area contributed by atoms with Gasteiger partial charge in [0.2, 0.25) is 0 Å². The highest BCUT2D eigenvalue weighted by molar-refractivity contribution is 5.80. The van der Waals surface area contributed by atoms with Crippen LogP contribution in [0.2, 0.25) is 0 Å². The van der Waals surface area contributed by atoms with Crippen LogP contribution in [0.5, 0.6) is 0 Å². The van der Waals surface area contributed by atoms with Crippen LogP contribution in [0, 0.1) is 0 Å². The molecule has 1 atom stereocenters. The molecule has 1 aliphatic carbocycles. The first-order valence-corrected chi connectivity index (χ1v) is 7.79. The molecule has 0 bridgehead atoms. The maximum absolute atomic E-state index is 6.02. The number of hydrogen-bond acceptors (Lipinski definition) is 6. The minimum Gasteiger partial charge on any atom is -0.382 e. The zero-order valence-electron chi connectivity index (χ0n) is 12.0. The molecule has 0 radical (unpaired) electrons. The Hall–Kier alpha value is -1.76. The predicted molar refractivity (Wildman–Crippen MR) is 77.7 cm³/mol. The van der Waals surface area contributed by atoms with Gasteiger partial charge in [0.1, 0.15) is 5.82 Å². The van der Waals surface area contributed by atoms with Gasteiger partial charge in [-0.2, -0.15) is 0 Å².